The monoisotopic (exact) mass is 369 g/mol. The molecule has 2 aromatic rings. The van der Waals surface area contributed by atoms with Gasteiger partial charge >= 0.3 is 0 Å². The van der Waals surface area contributed by atoms with Gasteiger partial charge in [-0.25, -0.2) is 4.39 Å². The molecule has 1 amide bonds. The number of nitrogens with one attached hydrogen (secondary N) is 2. The lowest BCUT2D eigenvalue weighted by Gasteiger charge is -2.23. The number of amides is 1. The lowest BCUT2D eigenvalue weighted by atomic mass is 9.98. The van der Waals surface area contributed by atoms with Crippen molar-refractivity contribution in [2.75, 3.05) is 0 Å². The van der Waals surface area contributed by atoms with E-state index >= 15 is 0 Å². The summed E-state index contributed by atoms with van der Waals surface area (Å²) in [5.41, 5.74) is 1.27. The Balaban J connectivity index is 1.42. The predicted molar refractivity (Wildman–Crippen MR) is 99.0 cm³/mol. The molecule has 1 aliphatic heterocycles. The van der Waals surface area contributed by atoms with Crippen LogP contribution in [0.25, 0.3) is 10.4 Å². The highest BCUT2D eigenvalue weighted by molar-refractivity contribution is 7.13. The first-order valence-corrected chi connectivity index (χ1v) is 9.80. The summed E-state index contributed by atoms with van der Waals surface area (Å²) in [4.78, 5) is 13.5. The third kappa shape index (κ3) is 3.37. The van der Waals surface area contributed by atoms with E-state index in [9.17, 15) is 14.4 Å². The van der Waals surface area contributed by atoms with Crippen molar-refractivity contribution in [1.29, 1.82) is 5.26 Å². The van der Waals surface area contributed by atoms with Crippen molar-refractivity contribution in [3.8, 4) is 16.5 Å². The highest BCUT2D eigenvalue weighted by atomic mass is 32.1. The summed E-state index contributed by atoms with van der Waals surface area (Å²) in [5, 5.41) is 17.5. The third-order valence-electron chi connectivity index (χ3n) is 5.40. The van der Waals surface area contributed by atoms with Gasteiger partial charge in [0.1, 0.15) is 11.9 Å². The number of thiophene rings is 1. The third-order valence-corrected chi connectivity index (χ3v) is 6.32. The van der Waals surface area contributed by atoms with Crippen molar-refractivity contribution < 1.29 is 9.18 Å². The normalized spacial score (nSPS) is 25.0. The number of piperidine rings is 1. The van der Waals surface area contributed by atoms with Crippen LogP contribution in [0.2, 0.25) is 0 Å². The van der Waals surface area contributed by atoms with E-state index in [-0.39, 0.29) is 24.2 Å². The second-order valence-electron chi connectivity index (χ2n) is 7.09. The fraction of sp³-hybridized carbons (Fsp3) is 0.400. The Morgan fingerprint density at radius 1 is 1.42 bits per heavy atom. The summed E-state index contributed by atoms with van der Waals surface area (Å²) in [7, 11) is 0. The van der Waals surface area contributed by atoms with E-state index in [2.05, 4.69) is 16.7 Å². The van der Waals surface area contributed by atoms with E-state index in [4.69, 9.17) is 0 Å². The van der Waals surface area contributed by atoms with Crippen LogP contribution in [-0.4, -0.2) is 24.0 Å². The molecule has 4 rings (SSSR count). The molecule has 4 nitrogen and oxygen atoms in total. The van der Waals surface area contributed by atoms with Gasteiger partial charge in [-0.3, -0.25) is 4.79 Å². The van der Waals surface area contributed by atoms with Gasteiger partial charge in [-0.2, -0.15) is 5.26 Å². The number of halogens is 1. The summed E-state index contributed by atoms with van der Waals surface area (Å²) in [6.45, 7) is 0. The van der Waals surface area contributed by atoms with Crippen LogP contribution in [0, 0.1) is 23.1 Å². The molecular weight excluding hydrogens is 349 g/mol. The Morgan fingerprint density at radius 2 is 2.31 bits per heavy atom. The van der Waals surface area contributed by atoms with Crippen molar-refractivity contribution in [3.63, 3.8) is 0 Å². The molecule has 1 aromatic heterocycles. The van der Waals surface area contributed by atoms with Crippen LogP contribution >= 0.6 is 11.3 Å². The number of hydrogen-bond donors (Lipinski definition) is 2. The van der Waals surface area contributed by atoms with Gasteiger partial charge in [-0.1, -0.05) is 18.2 Å². The van der Waals surface area contributed by atoms with E-state index in [1.54, 1.807) is 17.4 Å². The maximum absolute atomic E-state index is 14.5. The molecule has 26 heavy (non-hydrogen) atoms. The van der Waals surface area contributed by atoms with Gasteiger partial charge in [0, 0.05) is 17.3 Å². The van der Waals surface area contributed by atoms with E-state index < -0.39 is 6.04 Å². The van der Waals surface area contributed by atoms with Crippen LogP contribution in [-0.2, 0) is 11.2 Å². The fourth-order valence-corrected chi connectivity index (χ4v) is 4.79. The van der Waals surface area contributed by atoms with Crippen molar-refractivity contribution in [2.24, 2.45) is 5.92 Å². The summed E-state index contributed by atoms with van der Waals surface area (Å²) in [6, 6.07) is 10.5. The van der Waals surface area contributed by atoms with Gasteiger partial charge in [-0.15, -0.1) is 11.3 Å². The number of fused-ring (bicyclic) bond motifs is 2. The van der Waals surface area contributed by atoms with Gasteiger partial charge in [0.2, 0.25) is 5.91 Å². The molecule has 1 saturated heterocycles. The molecule has 2 bridgehead atoms. The minimum Gasteiger partial charge on any atom is -0.339 e. The number of carbonyl (C=O) groups is 1. The molecule has 2 heterocycles. The molecule has 2 fully saturated rings. The van der Waals surface area contributed by atoms with Crippen LogP contribution in [0.3, 0.4) is 0 Å². The zero-order chi connectivity index (χ0) is 18.1. The number of nitriles is 1. The second-order valence-corrected chi connectivity index (χ2v) is 8.04. The van der Waals surface area contributed by atoms with Crippen LogP contribution in [0.4, 0.5) is 4.39 Å². The molecule has 1 aliphatic carbocycles. The molecule has 2 aliphatic rings. The Labute approximate surface area is 156 Å². The van der Waals surface area contributed by atoms with Gasteiger partial charge in [0.05, 0.1) is 12.1 Å². The van der Waals surface area contributed by atoms with E-state index in [1.807, 2.05) is 23.6 Å². The fourth-order valence-electron chi connectivity index (χ4n) is 4.07. The average molecular weight is 369 g/mol. The van der Waals surface area contributed by atoms with Crippen molar-refractivity contribution in [2.45, 2.75) is 43.8 Å². The summed E-state index contributed by atoms with van der Waals surface area (Å²) in [5.74, 6) is -0.121. The van der Waals surface area contributed by atoms with Crippen LogP contribution in [0.5, 0.6) is 0 Å². The second kappa shape index (κ2) is 7.18. The minimum atomic E-state index is -0.731. The van der Waals surface area contributed by atoms with E-state index in [1.165, 1.54) is 6.07 Å². The van der Waals surface area contributed by atoms with Gasteiger partial charge in [0.25, 0.3) is 0 Å². The van der Waals surface area contributed by atoms with Crippen LogP contribution < -0.4 is 10.6 Å². The van der Waals surface area contributed by atoms with E-state index in [0.717, 1.165) is 29.7 Å². The number of benzene rings is 1. The summed E-state index contributed by atoms with van der Waals surface area (Å²) in [6.07, 6.45) is 3.39. The summed E-state index contributed by atoms with van der Waals surface area (Å²) < 4.78 is 14.5. The zero-order valence-electron chi connectivity index (χ0n) is 14.2. The number of nitrogens with zero attached hydrogens (tertiary/aromatic N) is 1. The average Bonchev–Trinajstić information content (AvgIpc) is 3.40. The smallest absolute Gasteiger partial charge is 0.238 e. The molecular formula is C20H20FN3OS. The Bertz CT molecular complexity index is 845. The molecule has 1 aromatic carbocycles. The lowest BCUT2D eigenvalue weighted by molar-refractivity contribution is -0.124. The largest absolute Gasteiger partial charge is 0.339 e. The highest BCUT2D eigenvalue weighted by Gasteiger charge is 2.43. The zero-order valence-corrected chi connectivity index (χ0v) is 15.1. The molecule has 0 unspecified atom stereocenters. The van der Waals surface area contributed by atoms with Gasteiger partial charge < -0.3 is 10.6 Å². The first kappa shape index (κ1) is 17.2. The topological polar surface area (TPSA) is 64.9 Å². The molecule has 134 valence electrons. The molecule has 1 saturated carbocycles. The molecule has 2 N–H and O–H groups in total. The Hall–Kier alpha value is -2.23. The van der Waals surface area contributed by atoms with Crippen LogP contribution in [0.1, 0.15) is 24.8 Å². The van der Waals surface area contributed by atoms with Crippen molar-refractivity contribution in [3.05, 3.63) is 47.1 Å². The number of hydrogen-bond acceptors (Lipinski definition) is 4. The molecule has 0 radical (unpaired) electrons. The highest BCUT2D eigenvalue weighted by Crippen LogP contribution is 2.35. The predicted octanol–water partition coefficient (Wildman–Crippen LogP) is 3.25. The quantitative estimate of drug-likeness (QED) is 0.850. The molecule has 6 heteroatoms. The van der Waals surface area contributed by atoms with E-state index in [0.29, 0.717) is 17.5 Å². The Morgan fingerprint density at radius 3 is 2.92 bits per heavy atom. The van der Waals surface area contributed by atoms with Crippen molar-refractivity contribution >= 4 is 17.2 Å². The number of carbonyl (C=O) groups excluding carboxylic acids is 1. The lowest BCUT2D eigenvalue weighted by Crippen LogP contribution is -2.50. The SMILES string of the molecule is N#C[C@H](Cc1ccc(-c2cccs2)cc1F)NC(=O)[C@H]1N[C@H]2CC[C@H]1C2. The van der Waals surface area contributed by atoms with Crippen molar-refractivity contribution in [1.82, 2.24) is 10.6 Å². The van der Waals surface area contributed by atoms with Gasteiger partial charge in [0.15, 0.2) is 0 Å². The maximum atomic E-state index is 14.5. The number of rotatable bonds is 5. The maximum Gasteiger partial charge on any atom is 0.238 e. The minimum absolute atomic E-state index is 0.139. The Kier molecular flexibility index (Phi) is 4.75. The van der Waals surface area contributed by atoms with Gasteiger partial charge in [-0.05, 0) is 53.8 Å². The first-order valence-electron chi connectivity index (χ1n) is 8.92. The first-order chi connectivity index (χ1) is 12.6. The summed E-state index contributed by atoms with van der Waals surface area (Å²) >= 11 is 1.55. The standard InChI is InChI=1S/C20H20FN3OS/c21-17-10-13(18-2-1-7-26-18)4-3-12(17)8-16(11-22)24-20(25)19-14-5-6-15(9-14)23-19/h1-4,7,10,14-16,19,23H,5-6,8-9H2,(H,24,25)/t14-,15-,16-,19-/m0/s1. The molecule has 0 spiro atoms. The van der Waals surface area contributed by atoms with Crippen LogP contribution in [0.15, 0.2) is 35.7 Å². The molecule has 4 atom stereocenters.